The molecule has 0 saturated carbocycles. The summed E-state index contributed by atoms with van der Waals surface area (Å²) in [5.74, 6) is -0.778. The molecule has 0 radical (unpaired) electrons. The van der Waals surface area contributed by atoms with Gasteiger partial charge in [-0.2, -0.15) is 12.6 Å². The van der Waals surface area contributed by atoms with Crippen molar-refractivity contribution in [3.05, 3.63) is 0 Å². The van der Waals surface area contributed by atoms with Crippen molar-refractivity contribution in [3.63, 3.8) is 0 Å². The van der Waals surface area contributed by atoms with Crippen LogP contribution >= 0.6 is 12.6 Å². The standard InChI is InChI=1S/C7H12O4S/c1-10-6(8)4-3-5(12)7(9)11-2/h5,12H,3-4H2,1-2H3. The SMILES string of the molecule is COC(=O)CCC(S)C(=O)OC. The van der Waals surface area contributed by atoms with Crippen LogP contribution in [0.4, 0.5) is 0 Å². The summed E-state index contributed by atoms with van der Waals surface area (Å²) >= 11 is 3.94. The van der Waals surface area contributed by atoms with Crippen molar-refractivity contribution in [2.75, 3.05) is 14.2 Å². The highest BCUT2D eigenvalue weighted by atomic mass is 32.1. The molecule has 1 atom stereocenters. The number of thiol groups is 1. The fraction of sp³-hybridized carbons (Fsp3) is 0.714. The van der Waals surface area contributed by atoms with Crippen LogP contribution < -0.4 is 0 Å². The molecule has 12 heavy (non-hydrogen) atoms. The maximum Gasteiger partial charge on any atom is 0.318 e. The average molecular weight is 192 g/mol. The van der Waals surface area contributed by atoms with E-state index in [1.54, 1.807) is 0 Å². The van der Waals surface area contributed by atoms with Crippen LogP contribution in [0.5, 0.6) is 0 Å². The monoisotopic (exact) mass is 192 g/mol. The number of rotatable bonds is 4. The predicted molar refractivity (Wildman–Crippen MR) is 46.0 cm³/mol. The molecule has 0 saturated heterocycles. The first-order chi connectivity index (χ1) is 5.61. The van der Waals surface area contributed by atoms with Gasteiger partial charge in [0.15, 0.2) is 0 Å². The number of esters is 2. The maximum absolute atomic E-state index is 10.8. The van der Waals surface area contributed by atoms with Gasteiger partial charge in [0.2, 0.25) is 0 Å². The van der Waals surface area contributed by atoms with E-state index in [1.807, 2.05) is 0 Å². The lowest BCUT2D eigenvalue weighted by atomic mass is 10.2. The fourth-order valence-electron chi connectivity index (χ4n) is 0.611. The molecule has 70 valence electrons. The van der Waals surface area contributed by atoms with Crippen molar-refractivity contribution >= 4 is 24.6 Å². The van der Waals surface area contributed by atoms with Crippen LogP contribution in [0.3, 0.4) is 0 Å². The summed E-state index contributed by atoms with van der Waals surface area (Å²) in [5, 5.41) is -0.547. The molecule has 0 spiro atoms. The van der Waals surface area contributed by atoms with Crippen LogP contribution in [0.1, 0.15) is 12.8 Å². The lowest BCUT2D eigenvalue weighted by Gasteiger charge is -2.06. The Balaban J connectivity index is 3.63. The van der Waals surface area contributed by atoms with E-state index < -0.39 is 11.2 Å². The summed E-state index contributed by atoms with van der Waals surface area (Å²) < 4.78 is 8.80. The van der Waals surface area contributed by atoms with Crippen molar-refractivity contribution < 1.29 is 19.1 Å². The quantitative estimate of drug-likeness (QED) is 0.518. The van der Waals surface area contributed by atoms with E-state index in [-0.39, 0.29) is 12.4 Å². The van der Waals surface area contributed by atoms with Gasteiger partial charge in [-0.25, -0.2) is 0 Å². The lowest BCUT2D eigenvalue weighted by molar-refractivity contribution is -0.142. The zero-order valence-electron chi connectivity index (χ0n) is 7.07. The summed E-state index contributed by atoms with van der Waals surface area (Å²) in [6, 6.07) is 0. The average Bonchev–Trinajstić information content (AvgIpc) is 2.11. The largest absolute Gasteiger partial charge is 0.469 e. The third-order valence-electron chi connectivity index (χ3n) is 1.32. The minimum Gasteiger partial charge on any atom is -0.469 e. The maximum atomic E-state index is 10.8. The van der Waals surface area contributed by atoms with Gasteiger partial charge in [-0.3, -0.25) is 9.59 Å². The van der Waals surface area contributed by atoms with Gasteiger partial charge in [0.1, 0.15) is 5.25 Å². The zero-order valence-corrected chi connectivity index (χ0v) is 7.97. The molecule has 0 bridgehead atoms. The Morgan fingerprint density at radius 3 is 2.33 bits per heavy atom. The Kier molecular flexibility index (Phi) is 5.53. The highest BCUT2D eigenvalue weighted by Gasteiger charge is 2.15. The Hall–Kier alpha value is -0.710. The molecule has 0 heterocycles. The third-order valence-corrected chi connectivity index (χ3v) is 1.79. The van der Waals surface area contributed by atoms with E-state index in [4.69, 9.17) is 0 Å². The Morgan fingerprint density at radius 2 is 1.92 bits per heavy atom. The zero-order chi connectivity index (χ0) is 9.56. The normalized spacial score (nSPS) is 11.9. The van der Waals surface area contributed by atoms with E-state index in [0.717, 1.165) is 0 Å². The van der Waals surface area contributed by atoms with E-state index in [1.165, 1.54) is 14.2 Å². The second kappa shape index (κ2) is 5.88. The van der Waals surface area contributed by atoms with Crippen LogP contribution in [0.2, 0.25) is 0 Å². The summed E-state index contributed by atoms with van der Waals surface area (Å²) in [6.45, 7) is 0. The van der Waals surface area contributed by atoms with E-state index >= 15 is 0 Å². The molecule has 0 fully saturated rings. The van der Waals surface area contributed by atoms with Crippen molar-refractivity contribution in [2.45, 2.75) is 18.1 Å². The summed E-state index contributed by atoms with van der Waals surface area (Å²) in [5.41, 5.74) is 0. The first kappa shape index (κ1) is 11.3. The van der Waals surface area contributed by atoms with Crippen LogP contribution in [-0.2, 0) is 19.1 Å². The minimum absolute atomic E-state index is 0.180. The first-order valence-corrected chi connectivity index (χ1v) is 3.96. The molecule has 4 nitrogen and oxygen atoms in total. The highest BCUT2D eigenvalue weighted by Crippen LogP contribution is 2.06. The highest BCUT2D eigenvalue weighted by molar-refractivity contribution is 7.81. The van der Waals surface area contributed by atoms with Gasteiger partial charge in [0, 0.05) is 6.42 Å². The molecule has 0 rings (SSSR count). The molecule has 0 aromatic rings. The summed E-state index contributed by atoms with van der Waals surface area (Å²) in [6.07, 6.45) is 0.516. The smallest absolute Gasteiger partial charge is 0.318 e. The minimum atomic E-state index is -0.547. The molecule has 5 heteroatoms. The van der Waals surface area contributed by atoms with Gasteiger partial charge in [0.05, 0.1) is 14.2 Å². The molecule has 1 unspecified atom stereocenters. The fourth-order valence-corrected chi connectivity index (χ4v) is 0.845. The second-order valence-electron chi connectivity index (χ2n) is 2.15. The number of hydrogen-bond acceptors (Lipinski definition) is 5. The first-order valence-electron chi connectivity index (χ1n) is 3.44. The van der Waals surface area contributed by atoms with Gasteiger partial charge in [-0.15, -0.1) is 0 Å². The molecule has 0 N–H and O–H groups in total. The van der Waals surface area contributed by atoms with Crippen LogP contribution in [-0.4, -0.2) is 31.4 Å². The second-order valence-corrected chi connectivity index (χ2v) is 2.78. The van der Waals surface area contributed by atoms with Crippen molar-refractivity contribution in [2.24, 2.45) is 0 Å². The van der Waals surface area contributed by atoms with Crippen molar-refractivity contribution in [3.8, 4) is 0 Å². The van der Waals surface area contributed by atoms with Gasteiger partial charge in [0.25, 0.3) is 0 Å². The third kappa shape index (κ3) is 4.23. The van der Waals surface area contributed by atoms with Gasteiger partial charge < -0.3 is 9.47 Å². The summed E-state index contributed by atoms with van der Waals surface area (Å²) in [7, 11) is 2.58. The van der Waals surface area contributed by atoms with Gasteiger partial charge in [-0.05, 0) is 6.42 Å². The molecule has 0 amide bonds. The number of hydrogen-bond donors (Lipinski definition) is 1. The molecule has 0 aromatic carbocycles. The lowest BCUT2D eigenvalue weighted by Crippen LogP contribution is -2.17. The molecular weight excluding hydrogens is 180 g/mol. The van der Waals surface area contributed by atoms with E-state index in [9.17, 15) is 9.59 Å². The Labute approximate surface area is 76.6 Å². The Bertz CT molecular complexity index is 169. The van der Waals surface area contributed by atoms with Crippen LogP contribution in [0, 0.1) is 0 Å². The van der Waals surface area contributed by atoms with Gasteiger partial charge in [-0.1, -0.05) is 0 Å². The van der Waals surface area contributed by atoms with Crippen LogP contribution in [0.15, 0.2) is 0 Å². The topological polar surface area (TPSA) is 52.6 Å². The van der Waals surface area contributed by atoms with E-state index in [0.29, 0.717) is 6.42 Å². The molecule has 0 aliphatic rings. The summed E-state index contributed by atoms with van der Waals surface area (Å²) in [4.78, 5) is 21.4. The van der Waals surface area contributed by atoms with Crippen molar-refractivity contribution in [1.29, 1.82) is 0 Å². The van der Waals surface area contributed by atoms with Gasteiger partial charge >= 0.3 is 11.9 Å². The number of carbonyl (C=O) groups is 2. The van der Waals surface area contributed by atoms with E-state index in [2.05, 4.69) is 22.1 Å². The number of ether oxygens (including phenoxy) is 2. The molecular formula is C7H12O4S. The Morgan fingerprint density at radius 1 is 1.33 bits per heavy atom. The molecule has 0 aliphatic heterocycles. The number of carbonyl (C=O) groups excluding carboxylic acids is 2. The predicted octanol–water partition coefficient (Wildman–Crippen LogP) is 0.411. The molecule has 0 aliphatic carbocycles. The number of methoxy groups -OCH3 is 2. The van der Waals surface area contributed by atoms with Crippen LogP contribution in [0.25, 0.3) is 0 Å². The van der Waals surface area contributed by atoms with Crippen molar-refractivity contribution in [1.82, 2.24) is 0 Å². The molecule has 0 aromatic heterocycles.